The van der Waals surface area contributed by atoms with Crippen molar-refractivity contribution < 1.29 is 14.7 Å². The molecule has 1 fully saturated rings. The van der Waals surface area contributed by atoms with Gasteiger partial charge in [-0.2, -0.15) is 5.10 Å². The molecule has 1 saturated carbocycles. The van der Waals surface area contributed by atoms with Crippen LogP contribution in [0.3, 0.4) is 0 Å². The topological polar surface area (TPSA) is 86.3 Å². The number of aliphatic carboxylic acids is 1. The highest BCUT2D eigenvalue weighted by Gasteiger charge is 2.31. The second kappa shape index (κ2) is 5.86. The van der Waals surface area contributed by atoms with Gasteiger partial charge in [-0.15, -0.1) is 0 Å². The van der Waals surface area contributed by atoms with Crippen molar-refractivity contribution in [3.63, 3.8) is 0 Å². The zero-order valence-electron chi connectivity index (χ0n) is 11.0. The molecule has 0 bridgehead atoms. The average Bonchev–Trinajstić information content (AvgIpc) is 2.90. The van der Waals surface area contributed by atoms with Gasteiger partial charge in [0.2, 0.25) is 5.91 Å². The fourth-order valence-electron chi connectivity index (χ4n) is 2.61. The molecule has 2 N–H and O–H groups in total. The normalized spacial score (nSPS) is 23.0. The van der Waals surface area contributed by atoms with Crippen LogP contribution in [0.15, 0.2) is 12.4 Å². The lowest BCUT2D eigenvalue weighted by Gasteiger charge is -2.28. The van der Waals surface area contributed by atoms with Gasteiger partial charge in [0.05, 0.1) is 12.1 Å². The molecular weight excluding hydrogens is 246 g/mol. The van der Waals surface area contributed by atoms with E-state index in [4.69, 9.17) is 5.11 Å². The molecule has 0 unspecified atom stereocenters. The van der Waals surface area contributed by atoms with E-state index in [1.54, 1.807) is 24.3 Å². The number of carboxylic acids is 1. The van der Waals surface area contributed by atoms with E-state index in [1.807, 2.05) is 0 Å². The molecule has 104 valence electrons. The molecule has 0 aliphatic heterocycles. The van der Waals surface area contributed by atoms with Crippen LogP contribution in [0, 0.1) is 11.8 Å². The molecule has 0 spiro atoms. The highest BCUT2D eigenvalue weighted by atomic mass is 16.4. The lowest BCUT2D eigenvalue weighted by atomic mass is 9.81. The summed E-state index contributed by atoms with van der Waals surface area (Å²) in [4.78, 5) is 24.8. The van der Waals surface area contributed by atoms with Crippen molar-refractivity contribution in [3.8, 4) is 0 Å². The first kappa shape index (κ1) is 13.6. The number of hydrogen-bond donors (Lipinski definition) is 2. The molecular formula is C13H19N3O3. The Morgan fingerprint density at radius 1 is 1.37 bits per heavy atom. The van der Waals surface area contributed by atoms with Gasteiger partial charge in [-0.05, 0) is 25.7 Å². The third-order valence-electron chi connectivity index (χ3n) is 3.78. The largest absolute Gasteiger partial charge is 0.481 e. The summed E-state index contributed by atoms with van der Waals surface area (Å²) in [7, 11) is 1.78. The van der Waals surface area contributed by atoms with Gasteiger partial charge in [0.1, 0.15) is 0 Å². The van der Waals surface area contributed by atoms with Crippen LogP contribution >= 0.6 is 0 Å². The van der Waals surface area contributed by atoms with Crippen molar-refractivity contribution >= 4 is 11.9 Å². The zero-order chi connectivity index (χ0) is 13.8. The van der Waals surface area contributed by atoms with Crippen LogP contribution in [0.25, 0.3) is 0 Å². The van der Waals surface area contributed by atoms with E-state index < -0.39 is 5.97 Å². The fraction of sp³-hybridized carbons (Fsp3) is 0.615. The number of nitrogens with one attached hydrogen (secondary N) is 1. The summed E-state index contributed by atoms with van der Waals surface area (Å²) in [5, 5.41) is 15.5. The van der Waals surface area contributed by atoms with Crippen molar-refractivity contribution in [2.24, 2.45) is 11.8 Å². The molecule has 19 heavy (non-hydrogen) atoms. The van der Waals surface area contributed by atoms with E-state index in [0.717, 1.165) is 5.56 Å². The van der Waals surface area contributed by atoms with Gasteiger partial charge in [0, 0.05) is 31.3 Å². The van der Waals surface area contributed by atoms with E-state index in [0.29, 0.717) is 32.2 Å². The van der Waals surface area contributed by atoms with Crippen LogP contribution in [-0.4, -0.2) is 39.1 Å². The maximum Gasteiger partial charge on any atom is 0.306 e. The lowest BCUT2D eigenvalue weighted by Crippen LogP contribution is -2.35. The SMILES string of the molecule is CN(Cc1cn[nH]c1)C(=O)C1CCC(C(=O)O)CC1. The summed E-state index contributed by atoms with van der Waals surface area (Å²) in [6.07, 6.45) is 6.02. The van der Waals surface area contributed by atoms with Gasteiger partial charge in [-0.1, -0.05) is 0 Å². The minimum absolute atomic E-state index is 0.0347. The highest BCUT2D eigenvalue weighted by molar-refractivity contribution is 5.79. The number of hydrogen-bond acceptors (Lipinski definition) is 3. The molecule has 6 heteroatoms. The number of carbonyl (C=O) groups is 2. The van der Waals surface area contributed by atoms with Gasteiger partial charge in [0.25, 0.3) is 0 Å². The predicted octanol–water partition coefficient (Wildman–Crippen LogP) is 1.26. The monoisotopic (exact) mass is 265 g/mol. The molecule has 1 heterocycles. The Balaban J connectivity index is 1.85. The van der Waals surface area contributed by atoms with Gasteiger partial charge < -0.3 is 10.0 Å². The Bertz CT molecular complexity index is 436. The fourth-order valence-corrected chi connectivity index (χ4v) is 2.61. The molecule has 0 atom stereocenters. The first-order valence-corrected chi connectivity index (χ1v) is 6.53. The second-order valence-corrected chi connectivity index (χ2v) is 5.19. The number of carboxylic acid groups (broad SMARTS) is 1. The molecule has 1 aromatic heterocycles. The average molecular weight is 265 g/mol. The molecule has 1 aliphatic carbocycles. The predicted molar refractivity (Wildman–Crippen MR) is 68.1 cm³/mol. The Morgan fingerprint density at radius 2 is 2.00 bits per heavy atom. The van der Waals surface area contributed by atoms with Gasteiger partial charge >= 0.3 is 5.97 Å². The summed E-state index contributed by atoms with van der Waals surface area (Å²) < 4.78 is 0. The summed E-state index contributed by atoms with van der Waals surface area (Å²) in [6, 6.07) is 0. The molecule has 2 rings (SSSR count). The van der Waals surface area contributed by atoms with E-state index in [2.05, 4.69) is 10.2 Å². The Morgan fingerprint density at radius 3 is 2.53 bits per heavy atom. The van der Waals surface area contributed by atoms with E-state index >= 15 is 0 Å². The zero-order valence-corrected chi connectivity index (χ0v) is 11.0. The second-order valence-electron chi connectivity index (χ2n) is 5.19. The molecule has 1 aromatic rings. The van der Waals surface area contributed by atoms with E-state index in [-0.39, 0.29) is 17.7 Å². The highest BCUT2D eigenvalue weighted by Crippen LogP contribution is 2.30. The summed E-state index contributed by atoms with van der Waals surface area (Å²) >= 11 is 0. The van der Waals surface area contributed by atoms with Crippen LogP contribution < -0.4 is 0 Å². The number of amides is 1. The number of carbonyl (C=O) groups excluding carboxylic acids is 1. The minimum atomic E-state index is -0.738. The standard InChI is InChI=1S/C13H19N3O3/c1-16(8-9-6-14-15-7-9)12(17)10-2-4-11(5-3-10)13(18)19/h6-7,10-11H,2-5,8H2,1H3,(H,14,15)(H,18,19). The van der Waals surface area contributed by atoms with Crippen LogP contribution in [0.2, 0.25) is 0 Å². The number of nitrogens with zero attached hydrogens (tertiary/aromatic N) is 2. The Hall–Kier alpha value is -1.85. The number of rotatable bonds is 4. The van der Waals surface area contributed by atoms with Crippen molar-refractivity contribution in [2.45, 2.75) is 32.2 Å². The van der Waals surface area contributed by atoms with Crippen molar-refractivity contribution in [1.82, 2.24) is 15.1 Å². The van der Waals surface area contributed by atoms with Crippen LogP contribution in [0.1, 0.15) is 31.2 Å². The van der Waals surface area contributed by atoms with Crippen LogP contribution in [0.4, 0.5) is 0 Å². The number of aromatic nitrogens is 2. The quantitative estimate of drug-likeness (QED) is 0.858. The Kier molecular flexibility index (Phi) is 4.19. The van der Waals surface area contributed by atoms with Gasteiger partial charge in [-0.25, -0.2) is 0 Å². The number of H-pyrrole nitrogens is 1. The van der Waals surface area contributed by atoms with Crippen molar-refractivity contribution in [1.29, 1.82) is 0 Å². The molecule has 0 saturated heterocycles. The first-order valence-electron chi connectivity index (χ1n) is 6.53. The van der Waals surface area contributed by atoms with E-state index in [1.165, 1.54) is 0 Å². The molecule has 0 radical (unpaired) electrons. The number of aromatic amines is 1. The van der Waals surface area contributed by atoms with Gasteiger partial charge in [-0.3, -0.25) is 14.7 Å². The third-order valence-corrected chi connectivity index (χ3v) is 3.78. The lowest BCUT2D eigenvalue weighted by molar-refractivity contribution is -0.145. The van der Waals surface area contributed by atoms with Gasteiger partial charge in [0.15, 0.2) is 0 Å². The molecule has 1 aliphatic rings. The Labute approximate surface area is 111 Å². The summed E-state index contributed by atoms with van der Waals surface area (Å²) in [5.74, 6) is -0.946. The minimum Gasteiger partial charge on any atom is -0.481 e. The summed E-state index contributed by atoms with van der Waals surface area (Å²) in [6.45, 7) is 0.536. The maximum absolute atomic E-state index is 12.2. The van der Waals surface area contributed by atoms with Crippen molar-refractivity contribution in [3.05, 3.63) is 18.0 Å². The van der Waals surface area contributed by atoms with Crippen LogP contribution in [-0.2, 0) is 16.1 Å². The van der Waals surface area contributed by atoms with Crippen molar-refractivity contribution in [2.75, 3.05) is 7.05 Å². The first-order chi connectivity index (χ1) is 9.08. The maximum atomic E-state index is 12.2. The van der Waals surface area contributed by atoms with Crippen LogP contribution in [0.5, 0.6) is 0 Å². The molecule has 1 amide bonds. The van der Waals surface area contributed by atoms with E-state index in [9.17, 15) is 9.59 Å². The third kappa shape index (κ3) is 3.33. The molecule has 0 aromatic carbocycles. The smallest absolute Gasteiger partial charge is 0.306 e. The summed E-state index contributed by atoms with van der Waals surface area (Å²) in [5.41, 5.74) is 0.968. The molecule has 6 nitrogen and oxygen atoms in total.